The molecule has 5 aliphatic rings. The molecule has 1 atom stereocenters. The van der Waals surface area contributed by atoms with Crippen molar-refractivity contribution in [3.63, 3.8) is 0 Å². The number of amides is 1. The second kappa shape index (κ2) is 3.75. The van der Waals surface area contributed by atoms with Crippen LogP contribution in [0.25, 0.3) is 0 Å². The van der Waals surface area contributed by atoms with Gasteiger partial charge in [-0.05, 0) is 56.3 Å². The maximum absolute atomic E-state index is 12.2. The Labute approximate surface area is 112 Å². The molecule has 100 valence electrons. The van der Waals surface area contributed by atoms with Crippen molar-refractivity contribution in [2.45, 2.75) is 44.6 Å². The maximum atomic E-state index is 12.2. The molecule has 1 heterocycles. The van der Waals surface area contributed by atoms with E-state index in [0.717, 1.165) is 37.0 Å². The van der Waals surface area contributed by atoms with Crippen molar-refractivity contribution in [1.29, 1.82) is 5.26 Å². The van der Waals surface area contributed by atoms with Crippen molar-refractivity contribution in [2.24, 2.45) is 23.2 Å². The Morgan fingerprint density at radius 3 is 2.32 bits per heavy atom. The van der Waals surface area contributed by atoms with Crippen molar-refractivity contribution in [3.05, 3.63) is 12.0 Å². The Balaban J connectivity index is 1.64. The van der Waals surface area contributed by atoms with Gasteiger partial charge in [-0.1, -0.05) is 0 Å². The lowest BCUT2D eigenvalue weighted by Gasteiger charge is -2.57. The summed E-state index contributed by atoms with van der Waals surface area (Å²) in [5.41, 5.74) is 0.0455. The normalized spacial score (nSPS) is 49.0. The van der Waals surface area contributed by atoms with Gasteiger partial charge in [-0.2, -0.15) is 5.26 Å². The maximum Gasteiger partial charge on any atom is 0.268 e. The highest BCUT2D eigenvalue weighted by molar-refractivity contribution is 5.85. The molecule has 1 amide bonds. The van der Waals surface area contributed by atoms with Gasteiger partial charge in [0.15, 0.2) is 6.10 Å². The highest BCUT2D eigenvalue weighted by Crippen LogP contribution is 2.62. The van der Waals surface area contributed by atoms with Gasteiger partial charge < -0.3 is 4.74 Å². The van der Waals surface area contributed by atoms with E-state index in [-0.39, 0.29) is 17.4 Å². The number of nitrogens with zero attached hydrogens (tertiary/aromatic N) is 1. The third-order valence-corrected chi connectivity index (χ3v) is 5.57. The smallest absolute Gasteiger partial charge is 0.268 e. The van der Waals surface area contributed by atoms with Crippen LogP contribution in [0, 0.1) is 34.5 Å². The van der Waals surface area contributed by atoms with E-state index < -0.39 is 0 Å². The summed E-state index contributed by atoms with van der Waals surface area (Å²) in [5.74, 6) is 2.70. The summed E-state index contributed by atoms with van der Waals surface area (Å²) in [6.45, 7) is 0. The molecule has 0 aromatic heterocycles. The van der Waals surface area contributed by atoms with Crippen LogP contribution in [0.3, 0.4) is 0 Å². The molecule has 0 radical (unpaired) electrons. The fraction of sp³-hybridized carbons (Fsp3) is 0.733. The minimum atomic E-state index is -0.361. The third kappa shape index (κ3) is 1.60. The second-order valence-corrected chi connectivity index (χ2v) is 6.90. The number of carbonyl (C=O) groups excluding carboxylic acids is 1. The van der Waals surface area contributed by atoms with Crippen LogP contribution in [0.5, 0.6) is 0 Å². The topological polar surface area (TPSA) is 62.1 Å². The minimum absolute atomic E-state index is 0.0385. The second-order valence-electron chi connectivity index (χ2n) is 6.90. The minimum Gasteiger partial charge on any atom is -0.464 e. The van der Waals surface area contributed by atoms with E-state index in [2.05, 4.69) is 5.32 Å². The zero-order valence-corrected chi connectivity index (χ0v) is 10.9. The number of nitriles is 1. The number of carbonyl (C=O) groups is 1. The average Bonchev–Trinajstić information content (AvgIpc) is 2.70. The first-order valence-electron chi connectivity index (χ1n) is 7.26. The quantitative estimate of drug-likeness (QED) is 0.732. The lowest BCUT2D eigenvalue weighted by atomic mass is 9.48. The largest absolute Gasteiger partial charge is 0.464 e. The van der Waals surface area contributed by atoms with Crippen molar-refractivity contribution < 1.29 is 9.53 Å². The van der Waals surface area contributed by atoms with Crippen LogP contribution in [0.1, 0.15) is 38.5 Å². The number of allylic oxidation sites excluding steroid dienone is 1. The molecule has 1 unspecified atom stereocenters. The van der Waals surface area contributed by atoms with Gasteiger partial charge in [-0.15, -0.1) is 0 Å². The Morgan fingerprint density at radius 2 is 1.79 bits per heavy atom. The van der Waals surface area contributed by atoms with E-state index in [0.29, 0.717) is 5.88 Å². The van der Waals surface area contributed by atoms with Crippen molar-refractivity contribution in [1.82, 2.24) is 5.32 Å². The zero-order valence-electron chi connectivity index (χ0n) is 10.9. The van der Waals surface area contributed by atoms with E-state index in [4.69, 9.17) is 10.00 Å². The van der Waals surface area contributed by atoms with Crippen LogP contribution in [0.15, 0.2) is 12.0 Å². The van der Waals surface area contributed by atoms with Gasteiger partial charge in [0.25, 0.3) is 5.91 Å². The molecule has 0 aromatic rings. The standard InChI is InChI=1S/C15H18N2O2/c16-2-1-12-17-14(18)13(19-12)15-6-9-3-10(7-15)5-11(4-9)8-15/h1,9-11,13H,3-8H2,(H,17,18)/b12-1+. The molecule has 4 bridgehead atoms. The summed E-state index contributed by atoms with van der Waals surface area (Å²) < 4.78 is 5.78. The van der Waals surface area contributed by atoms with Crippen LogP contribution in [-0.4, -0.2) is 12.0 Å². The van der Waals surface area contributed by atoms with Crippen molar-refractivity contribution >= 4 is 5.91 Å². The summed E-state index contributed by atoms with van der Waals surface area (Å²) >= 11 is 0. The average molecular weight is 258 g/mol. The highest BCUT2D eigenvalue weighted by Gasteiger charge is 2.58. The number of hydrogen-bond acceptors (Lipinski definition) is 3. The number of hydrogen-bond donors (Lipinski definition) is 1. The first kappa shape index (κ1) is 11.3. The molecule has 0 aromatic carbocycles. The SMILES string of the molecule is N#C/C=C1\NC(=O)C(C23CC4CC(CC(C4)C2)C3)O1. The van der Waals surface area contributed by atoms with E-state index >= 15 is 0 Å². The monoisotopic (exact) mass is 258 g/mol. The fourth-order valence-electron chi connectivity index (χ4n) is 5.43. The summed E-state index contributed by atoms with van der Waals surface area (Å²) in [5, 5.41) is 11.4. The van der Waals surface area contributed by atoms with Gasteiger partial charge in [0.05, 0.1) is 12.1 Å². The van der Waals surface area contributed by atoms with Crippen molar-refractivity contribution in [2.75, 3.05) is 0 Å². The fourth-order valence-corrected chi connectivity index (χ4v) is 5.43. The molecule has 5 rings (SSSR count). The van der Waals surface area contributed by atoms with Crippen LogP contribution >= 0.6 is 0 Å². The van der Waals surface area contributed by atoms with Gasteiger partial charge in [-0.25, -0.2) is 0 Å². The highest BCUT2D eigenvalue weighted by atomic mass is 16.5. The molecule has 4 saturated carbocycles. The van der Waals surface area contributed by atoms with Gasteiger partial charge in [0.2, 0.25) is 5.88 Å². The molecule has 1 aliphatic heterocycles. The Bertz CT molecular complexity index is 467. The molecule has 4 aliphatic carbocycles. The van der Waals surface area contributed by atoms with Crippen LogP contribution in [0.2, 0.25) is 0 Å². The van der Waals surface area contributed by atoms with Gasteiger partial charge >= 0.3 is 0 Å². The molecule has 4 heteroatoms. The first-order chi connectivity index (χ1) is 9.18. The summed E-state index contributed by atoms with van der Waals surface area (Å²) in [7, 11) is 0. The lowest BCUT2D eigenvalue weighted by Crippen LogP contribution is -2.53. The van der Waals surface area contributed by atoms with E-state index in [1.165, 1.54) is 25.3 Å². The molecular weight excluding hydrogens is 240 g/mol. The van der Waals surface area contributed by atoms with Gasteiger partial charge in [0, 0.05) is 5.41 Å². The van der Waals surface area contributed by atoms with Crippen LogP contribution in [-0.2, 0) is 9.53 Å². The zero-order chi connectivity index (χ0) is 13.0. The van der Waals surface area contributed by atoms with Gasteiger partial charge in [-0.3, -0.25) is 10.1 Å². The van der Waals surface area contributed by atoms with Crippen molar-refractivity contribution in [3.8, 4) is 6.07 Å². The van der Waals surface area contributed by atoms with E-state index in [9.17, 15) is 4.79 Å². The number of nitrogens with one attached hydrogen (secondary N) is 1. The first-order valence-corrected chi connectivity index (χ1v) is 7.26. The molecule has 5 fully saturated rings. The molecule has 1 saturated heterocycles. The number of rotatable bonds is 1. The predicted molar refractivity (Wildman–Crippen MR) is 67.3 cm³/mol. The third-order valence-electron chi connectivity index (χ3n) is 5.57. The molecule has 19 heavy (non-hydrogen) atoms. The summed E-state index contributed by atoms with van der Waals surface area (Å²) in [4.78, 5) is 12.2. The van der Waals surface area contributed by atoms with Gasteiger partial charge in [0.1, 0.15) is 0 Å². The Hall–Kier alpha value is -1.50. The molecule has 0 spiro atoms. The van der Waals surface area contributed by atoms with E-state index in [1.807, 2.05) is 6.07 Å². The van der Waals surface area contributed by atoms with Crippen LogP contribution in [0.4, 0.5) is 0 Å². The summed E-state index contributed by atoms with van der Waals surface area (Å²) in [6, 6.07) is 1.92. The lowest BCUT2D eigenvalue weighted by molar-refractivity contribution is -0.146. The molecular formula is C15H18N2O2. The Kier molecular flexibility index (Phi) is 2.24. The number of ether oxygens (including phenoxy) is 1. The summed E-state index contributed by atoms with van der Waals surface area (Å²) in [6.07, 6.45) is 8.40. The molecule has 1 N–H and O–H groups in total. The predicted octanol–water partition coefficient (Wildman–Crippen LogP) is 2.08. The Morgan fingerprint density at radius 1 is 1.21 bits per heavy atom. The van der Waals surface area contributed by atoms with E-state index in [1.54, 1.807) is 0 Å². The molecule has 4 nitrogen and oxygen atoms in total. The van der Waals surface area contributed by atoms with Crippen LogP contribution < -0.4 is 5.32 Å².